The Bertz CT molecular complexity index is 415. The molecule has 0 unspecified atom stereocenters. The van der Waals surface area contributed by atoms with Gasteiger partial charge in [0, 0.05) is 24.1 Å². The Morgan fingerprint density at radius 3 is 2.67 bits per heavy atom. The Morgan fingerprint density at radius 1 is 1.44 bits per heavy atom. The van der Waals surface area contributed by atoms with Gasteiger partial charge in [-0.2, -0.15) is 0 Å². The van der Waals surface area contributed by atoms with Gasteiger partial charge in [-0.25, -0.2) is 4.98 Å². The number of aromatic nitrogens is 2. The lowest BCUT2D eigenvalue weighted by Gasteiger charge is -2.18. The minimum atomic E-state index is -0.0614. The maximum atomic E-state index is 11.4. The Labute approximate surface area is 113 Å². The van der Waals surface area contributed by atoms with E-state index in [1.807, 2.05) is 18.7 Å². The molecule has 102 valence electrons. The highest BCUT2D eigenvalue weighted by atomic mass is 32.2. The van der Waals surface area contributed by atoms with Crippen LogP contribution in [0.3, 0.4) is 0 Å². The van der Waals surface area contributed by atoms with Crippen LogP contribution in [-0.4, -0.2) is 40.3 Å². The van der Waals surface area contributed by atoms with Crippen LogP contribution in [0.4, 0.5) is 0 Å². The zero-order valence-electron chi connectivity index (χ0n) is 11.7. The first kappa shape index (κ1) is 15.2. The second kappa shape index (κ2) is 7.59. The first-order chi connectivity index (χ1) is 8.56. The number of hydrogen-bond donors (Lipinski definition) is 1. The molecule has 0 aliphatic heterocycles. The molecule has 5 heteroatoms. The normalized spacial score (nSPS) is 12.9. The lowest BCUT2D eigenvalue weighted by atomic mass is 10.4. The summed E-state index contributed by atoms with van der Waals surface area (Å²) in [5, 5.41) is 0.230. The molecule has 0 amide bonds. The van der Waals surface area contributed by atoms with E-state index in [1.165, 1.54) is 6.07 Å². The summed E-state index contributed by atoms with van der Waals surface area (Å²) < 4.78 is 0. The van der Waals surface area contributed by atoms with Gasteiger partial charge >= 0.3 is 0 Å². The number of aryl methyl sites for hydroxylation is 1. The molecule has 1 aromatic heterocycles. The molecule has 0 saturated carbocycles. The van der Waals surface area contributed by atoms with Gasteiger partial charge in [0.25, 0.3) is 5.56 Å². The zero-order valence-corrected chi connectivity index (χ0v) is 12.5. The number of rotatable bonds is 7. The molecule has 0 aliphatic rings. The maximum absolute atomic E-state index is 11.4. The minimum Gasteiger partial charge on any atom is -0.310 e. The molecule has 1 N–H and O–H groups in total. The molecule has 4 nitrogen and oxygen atoms in total. The predicted molar refractivity (Wildman–Crippen MR) is 78.3 cm³/mol. The minimum absolute atomic E-state index is 0.0614. The van der Waals surface area contributed by atoms with Crippen LogP contribution >= 0.6 is 11.8 Å². The summed E-state index contributed by atoms with van der Waals surface area (Å²) in [6.07, 6.45) is 0. The van der Waals surface area contributed by atoms with Crippen molar-refractivity contribution in [2.45, 2.75) is 32.9 Å². The van der Waals surface area contributed by atoms with Crippen molar-refractivity contribution in [3.63, 3.8) is 0 Å². The second-order valence-electron chi connectivity index (χ2n) is 4.31. The van der Waals surface area contributed by atoms with Crippen molar-refractivity contribution in [3.05, 3.63) is 27.9 Å². The van der Waals surface area contributed by atoms with Gasteiger partial charge in [-0.3, -0.25) is 4.79 Å². The van der Waals surface area contributed by atoms with Gasteiger partial charge in [0.15, 0.2) is 0 Å². The Hall–Kier alpha value is -0.810. The van der Waals surface area contributed by atoms with Crippen molar-refractivity contribution in [3.8, 4) is 0 Å². The Morgan fingerprint density at radius 2 is 2.11 bits per heavy atom. The van der Waals surface area contributed by atoms with Crippen molar-refractivity contribution < 1.29 is 0 Å². The summed E-state index contributed by atoms with van der Waals surface area (Å²) in [5.41, 5.74) is 0.721. The molecule has 0 fully saturated rings. The largest absolute Gasteiger partial charge is 0.310 e. The number of H-pyrrole nitrogens is 1. The summed E-state index contributed by atoms with van der Waals surface area (Å²) in [6.45, 7) is 11.6. The van der Waals surface area contributed by atoms with Crippen molar-refractivity contribution in [1.82, 2.24) is 14.9 Å². The van der Waals surface area contributed by atoms with Gasteiger partial charge in [0.05, 0.1) is 5.25 Å². The van der Waals surface area contributed by atoms with Crippen molar-refractivity contribution in [1.29, 1.82) is 0 Å². The van der Waals surface area contributed by atoms with Crippen LogP contribution in [0.15, 0.2) is 10.9 Å². The first-order valence-corrected chi connectivity index (χ1v) is 7.53. The van der Waals surface area contributed by atoms with E-state index in [2.05, 4.69) is 35.6 Å². The Balaban J connectivity index is 2.50. The van der Waals surface area contributed by atoms with Crippen LogP contribution in [0.1, 0.15) is 37.5 Å². The molecule has 1 aromatic rings. The molecule has 1 rings (SSSR count). The smallest absolute Gasteiger partial charge is 0.251 e. The van der Waals surface area contributed by atoms with Gasteiger partial charge in [-0.15, -0.1) is 11.8 Å². The fourth-order valence-corrected chi connectivity index (χ4v) is 2.76. The molecular weight excluding hydrogens is 246 g/mol. The van der Waals surface area contributed by atoms with Crippen molar-refractivity contribution >= 4 is 11.8 Å². The molecule has 1 heterocycles. The van der Waals surface area contributed by atoms with Gasteiger partial charge in [-0.05, 0) is 26.9 Å². The topological polar surface area (TPSA) is 49.0 Å². The average Bonchev–Trinajstić information content (AvgIpc) is 2.33. The van der Waals surface area contributed by atoms with E-state index in [9.17, 15) is 4.79 Å². The third-order valence-electron chi connectivity index (χ3n) is 2.94. The third kappa shape index (κ3) is 4.82. The van der Waals surface area contributed by atoms with Gasteiger partial charge in [0.1, 0.15) is 5.82 Å². The van der Waals surface area contributed by atoms with Crippen LogP contribution in [-0.2, 0) is 0 Å². The van der Waals surface area contributed by atoms with Crippen molar-refractivity contribution in [2.75, 3.05) is 25.4 Å². The molecule has 18 heavy (non-hydrogen) atoms. The van der Waals surface area contributed by atoms with Gasteiger partial charge < -0.3 is 9.88 Å². The fraction of sp³-hybridized carbons (Fsp3) is 0.692. The summed E-state index contributed by atoms with van der Waals surface area (Å²) >= 11 is 1.83. The zero-order chi connectivity index (χ0) is 13.5. The first-order valence-electron chi connectivity index (χ1n) is 6.48. The molecule has 0 aromatic carbocycles. The SMILES string of the molecule is CCN(CC)CCS[C@H](C)c1nc(C)cc(=O)[nH]1. The highest BCUT2D eigenvalue weighted by Gasteiger charge is 2.10. The summed E-state index contributed by atoms with van der Waals surface area (Å²) in [6, 6.07) is 1.52. The third-order valence-corrected chi connectivity index (χ3v) is 4.08. The van der Waals surface area contributed by atoms with E-state index in [1.54, 1.807) is 0 Å². The second-order valence-corrected chi connectivity index (χ2v) is 5.76. The van der Waals surface area contributed by atoms with E-state index < -0.39 is 0 Å². The molecular formula is C13H23N3OS. The fourth-order valence-electron chi connectivity index (χ4n) is 1.77. The van der Waals surface area contributed by atoms with E-state index in [0.717, 1.165) is 36.9 Å². The summed E-state index contributed by atoms with van der Waals surface area (Å²) in [5.74, 6) is 1.84. The summed E-state index contributed by atoms with van der Waals surface area (Å²) in [4.78, 5) is 21.0. The molecule has 1 atom stereocenters. The van der Waals surface area contributed by atoms with E-state index in [-0.39, 0.29) is 10.8 Å². The number of nitrogens with one attached hydrogen (secondary N) is 1. The Kier molecular flexibility index (Phi) is 6.43. The molecule has 0 bridgehead atoms. The quantitative estimate of drug-likeness (QED) is 0.824. The van der Waals surface area contributed by atoms with Crippen LogP contribution < -0.4 is 5.56 Å². The standard InChI is InChI=1S/C13H23N3OS/c1-5-16(6-2)7-8-18-11(4)13-14-10(3)9-12(17)15-13/h9,11H,5-8H2,1-4H3,(H,14,15,17)/t11-/m1/s1. The van der Waals surface area contributed by atoms with E-state index in [0.29, 0.717) is 0 Å². The average molecular weight is 269 g/mol. The predicted octanol–water partition coefficient (Wildman–Crippen LogP) is 2.21. The van der Waals surface area contributed by atoms with Gasteiger partial charge in [0.2, 0.25) is 0 Å². The highest BCUT2D eigenvalue weighted by Crippen LogP contribution is 2.24. The lowest BCUT2D eigenvalue weighted by Crippen LogP contribution is -2.25. The molecule has 0 radical (unpaired) electrons. The number of hydrogen-bond acceptors (Lipinski definition) is 4. The lowest BCUT2D eigenvalue weighted by molar-refractivity contribution is 0.324. The number of aromatic amines is 1. The molecule has 0 aliphatic carbocycles. The number of thioether (sulfide) groups is 1. The molecule has 0 spiro atoms. The van der Waals surface area contributed by atoms with E-state index >= 15 is 0 Å². The summed E-state index contributed by atoms with van der Waals surface area (Å²) in [7, 11) is 0. The van der Waals surface area contributed by atoms with Crippen LogP contribution in [0.5, 0.6) is 0 Å². The van der Waals surface area contributed by atoms with Crippen molar-refractivity contribution in [2.24, 2.45) is 0 Å². The van der Waals surface area contributed by atoms with E-state index in [4.69, 9.17) is 0 Å². The molecule has 0 saturated heterocycles. The van der Waals surface area contributed by atoms with Crippen LogP contribution in [0, 0.1) is 6.92 Å². The van der Waals surface area contributed by atoms with Crippen LogP contribution in [0.25, 0.3) is 0 Å². The van der Waals surface area contributed by atoms with Gasteiger partial charge in [-0.1, -0.05) is 13.8 Å². The number of nitrogens with zero attached hydrogens (tertiary/aromatic N) is 2. The monoisotopic (exact) mass is 269 g/mol. The highest BCUT2D eigenvalue weighted by molar-refractivity contribution is 7.99. The maximum Gasteiger partial charge on any atom is 0.251 e. The van der Waals surface area contributed by atoms with Crippen LogP contribution in [0.2, 0.25) is 0 Å².